The van der Waals surface area contributed by atoms with Gasteiger partial charge in [0.15, 0.2) is 0 Å². The summed E-state index contributed by atoms with van der Waals surface area (Å²) in [6.07, 6.45) is 2.47. The molecule has 0 bridgehead atoms. The van der Waals surface area contributed by atoms with Crippen molar-refractivity contribution in [3.05, 3.63) is 0 Å². The van der Waals surface area contributed by atoms with Crippen LogP contribution in [0.3, 0.4) is 0 Å². The van der Waals surface area contributed by atoms with Crippen LogP contribution >= 0.6 is 0 Å². The minimum Gasteiger partial charge on any atom is -0.330 e. The molecule has 0 aliphatic rings. The summed E-state index contributed by atoms with van der Waals surface area (Å²) < 4.78 is 11.7. The first-order valence-electron chi connectivity index (χ1n) is 5.41. The Morgan fingerprint density at radius 2 is 2.13 bits per heavy atom. The fourth-order valence-electron chi connectivity index (χ4n) is 1.28. The van der Waals surface area contributed by atoms with E-state index in [9.17, 15) is 4.21 Å². The van der Waals surface area contributed by atoms with Gasteiger partial charge in [0.1, 0.15) is 0 Å². The zero-order valence-corrected chi connectivity index (χ0v) is 10.8. The van der Waals surface area contributed by atoms with Crippen molar-refractivity contribution in [2.75, 3.05) is 12.3 Å². The predicted molar refractivity (Wildman–Crippen MR) is 64.8 cm³/mol. The Balaban J connectivity index is 3.78. The van der Waals surface area contributed by atoms with Crippen LogP contribution in [-0.4, -0.2) is 21.8 Å². The van der Waals surface area contributed by atoms with Gasteiger partial charge in [-0.25, -0.2) is 0 Å². The zero-order valence-electron chi connectivity index (χ0n) is 9.95. The van der Waals surface area contributed by atoms with E-state index in [1.807, 2.05) is 20.8 Å². The Morgan fingerprint density at radius 1 is 1.53 bits per heavy atom. The van der Waals surface area contributed by atoms with Gasteiger partial charge in [-0.2, -0.15) is 5.26 Å². The molecule has 15 heavy (non-hydrogen) atoms. The van der Waals surface area contributed by atoms with Gasteiger partial charge in [0.05, 0.1) is 11.5 Å². The number of hydrogen-bond donors (Lipinski definition) is 1. The van der Waals surface area contributed by atoms with Gasteiger partial charge in [-0.05, 0) is 39.7 Å². The smallest absolute Gasteiger partial charge is 0.0683 e. The highest BCUT2D eigenvalue weighted by Gasteiger charge is 2.17. The van der Waals surface area contributed by atoms with Gasteiger partial charge in [0.2, 0.25) is 0 Å². The highest BCUT2D eigenvalue weighted by atomic mass is 32.2. The maximum Gasteiger partial charge on any atom is 0.0683 e. The van der Waals surface area contributed by atoms with Gasteiger partial charge < -0.3 is 5.73 Å². The molecule has 88 valence electrons. The average Bonchev–Trinajstić information content (AvgIpc) is 2.18. The summed E-state index contributed by atoms with van der Waals surface area (Å²) in [4.78, 5) is 0. The van der Waals surface area contributed by atoms with Gasteiger partial charge in [0.25, 0.3) is 0 Å². The van der Waals surface area contributed by atoms with E-state index < -0.39 is 10.8 Å². The van der Waals surface area contributed by atoms with E-state index in [4.69, 9.17) is 11.0 Å². The molecule has 0 aliphatic heterocycles. The summed E-state index contributed by atoms with van der Waals surface area (Å²) >= 11 is 0. The Bertz CT molecular complexity index is 245. The van der Waals surface area contributed by atoms with Crippen LogP contribution in [0.5, 0.6) is 0 Å². The van der Waals surface area contributed by atoms with Crippen molar-refractivity contribution in [1.82, 2.24) is 0 Å². The zero-order chi connectivity index (χ0) is 11.9. The van der Waals surface area contributed by atoms with Crippen molar-refractivity contribution in [2.45, 2.75) is 45.3 Å². The fourth-order valence-corrected chi connectivity index (χ4v) is 2.51. The van der Waals surface area contributed by atoms with E-state index in [2.05, 4.69) is 6.07 Å². The van der Waals surface area contributed by atoms with E-state index in [1.165, 1.54) is 0 Å². The first-order chi connectivity index (χ1) is 6.93. The Kier molecular flexibility index (Phi) is 6.78. The maximum absolute atomic E-state index is 11.7. The molecule has 0 aromatic rings. The Hall–Kier alpha value is -0.400. The van der Waals surface area contributed by atoms with Crippen LogP contribution in [0.4, 0.5) is 0 Å². The molecule has 2 N–H and O–H groups in total. The highest BCUT2D eigenvalue weighted by Crippen LogP contribution is 2.21. The van der Waals surface area contributed by atoms with Crippen LogP contribution < -0.4 is 5.73 Å². The van der Waals surface area contributed by atoms with Gasteiger partial charge in [0, 0.05) is 21.8 Å². The summed E-state index contributed by atoms with van der Waals surface area (Å²) in [5.41, 5.74) is 5.12. The molecule has 0 heterocycles. The molecule has 3 nitrogen and oxygen atoms in total. The number of hydrogen-bond acceptors (Lipinski definition) is 3. The van der Waals surface area contributed by atoms with Crippen molar-refractivity contribution in [3.63, 3.8) is 0 Å². The third kappa shape index (κ3) is 6.64. The maximum atomic E-state index is 11.7. The second-order valence-corrected chi connectivity index (χ2v) is 6.55. The second-order valence-electron chi connectivity index (χ2n) is 4.57. The summed E-state index contributed by atoms with van der Waals surface area (Å²) in [7, 11) is -0.791. The first-order valence-corrected chi connectivity index (χ1v) is 6.79. The van der Waals surface area contributed by atoms with Crippen LogP contribution in [-0.2, 0) is 10.8 Å². The van der Waals surface area contributed by atoms with E-state index in [1.54, 1.807) is 0 Å². The molecule has 2 atom stereocenters. The van der Waals surface area contributed by atoms with Gasteiger partial charge in [-0.3, -0.25) is 4.21 Å². The molecule has 4 heteroatoms. The van der Waals surface area contributed by atoms with Crippen LogP contribution in [0.1, 0.15) is 40.0 Å². The molecule has 2 unspecified atom stereocenters. The van der Waals surface area contributed by atoms with E-state index >= 15 is 0 Å². The van der Waals surface area contributed by atoms with Gasteiger partial charge >= 0.3 is 0 Å². The van der Waals surface area contributed by atoms with Crippen LogP contribution in [0.25, 0.3) is 0 Å². The van der Waals surface area contributed by atoms with Gasteiger partial charge in [-0.15, -0.1) is 0 Å². The molecular weight excluding hydrogens is 208 g/mol. The summed E-state index contributed by atoms with van der Waals surface area (Å²) in [6, 6.07) is 2.25. The summed E-state index contributed by atoms with van der Waals surface area (Å²) in [5, 5.41) is 8.99. The number of nitrogens with zero attached hydrogens (tertiary/aromatic N) is 1. The fraction of sp³-hybridized carbons (Fsp3) is 0.909. The molecule has 0 aromatic heterocycles. The van der Waals surface area contributed by atoms with E-state index in [0.717, 1.165) is 19.3 Å². The SMILES string of the molecule is CC(CCN)S(=O)CCCC(C)(C)C#N. The lowest BCUT2D eigenvalue weighted by Crippen LogP contribution is -2.19. The standard InChI is InChI=1S/C11H22N2OS/c1-10(5-7-12)15(14)8-4-6-11(2,3)9-13/h10H,4-8,12H2,1-3H3. The van der Waals surface area contributed by atoms with Crippen molar-refractivity contribution < 1.29 is 4.21 Å². The molecule has 0 radical (unpaired) electrons. The lowest BCUT2D eigenvalue weighted by molar-refractivity contribution is 0.446. The van der Waals surface area contributed by atoms with Crippen molar-refractivity contribution >= 4 is 10.8 Å². The molecule has 0 aliphatic carbocycles. The normalized spacial score (nSPS) is 15.7. The highest BCUT2D eigenvalue weighted by molar-refractivity contribution is 7.85. The minimum atomic E-state index is -0.791. The number of nitriles is 1. The minimum absolute atomic E-state index is 0.181. The van der Waals surface area contributed by atoms with Crippen LogP contribution in [0.2, 0.25) is 0 Å². The predicted octanol–water partition coefficient (Wildman–Crippen LogP) is 1.80. The van der Waals surface area contributed by atoms with Crippen molar-refractivity contribution in [2.24, 2.45) is 11.1 Å². The van der Waals surface area contributed by atoms with Crippen molar-refractivity contribution in [1.29, 1.82) is 5.26 Å². The molecule has 0 spiro atoms. The summed E-state index contributed by atoms with van der Waals surface area (Å²) in [6.45, 7) is 6.40. The third-order valence-electron chi connectivity index (χ3n) is 2.47. The van der Waals surface area contributed by atoms with Crippen molar-refractivity contribution in [3.8, 4) is 6.07 Å². The summed E-state index contributed by atoms with van der Waals surface area (Å²) in [5.74, 6) is 0.687. The van der Waals surface area contributed by atoms with Crippen LogP contribution in [0.15, 0.2) is 0 Å². The third-order valence-corrected chi connectivity index (χ3v) is 4.30. The van der Waals surface area contributed by atoms with Crippen LogP contribution in [0, 0.1) is 16.7 Å². The lowest BCUT2D eigenvalue weighted by Gasteiger charge is -2.15. The molecule has 0 saturated carbocycles. The number of nitrogens with two attached hydrogens (primary N) is 1. The molecule has 0 rings (SSSR count). The largest absolute Gasteiger partial charge is 0.330 e. The Labute approximate surface area is 95.5 Å². The van der Waals surface area contributed by atoms with E-state index in [-0.39, 0.29) is 10.7 Å². The number of rotatable bonds is 7. The molecule has 0 fully saturated rings. The average molecular weight is 230 g/mol. The second kappa shape index (κ2) is 6.97. The quantitative estimate of drug-likeness (QED) is 0.725. The Morgan fingerprint density at radius 3 is 2.60 bits per heavy atom. The topological polar surface area (TPSA) is 66.9 Å². The molecule has 0 aromatic carbocycles. The molecule has 0 amide bonds. The lowest BCUT2D eigenvalue weighted by atomic mass is 9.90. The first kappa shape index (κ1) is 14.6. The monoisotopic (exact) mass is 230 g/mol. The van der Waals surface area contributed by atoms with Gasteiger partial charge in [-0.1, -0.05) is 6.92 Å². The molecule has 0 saturated heterocycles. The van der Waals surface area contributed by atoms with E-state index in [0.29, 0.717) is 12.3 Å². The molecular formula is C11H22N2OS.